The molecule has 0 amide bonds. The van der Waals surface area contributed by atoms with Gasteiger partial charge in [-0.05, 0) is 42.0 Å². The van der Waals surface area contributed by atoms with Gasteiger partial charge in [0.15, 0.2) is 11.6 Å². The van der Waals surface area contributed by atoms with Crippen LogP contribution in [-0.4, -0.2) is 6.61 Å². The summed E-state index contributed by atoms with van der Waals surface area (Å²) in [6.07, 6.45) is 15.7. The van der Waals surface area contributed by atoms with E-state index >= 15 is 8.78 Å². The minimum absolute atomic E-state index is 0.263. The summed E-state index contributed by atoms with van der Waals surface area (Å²) in [6.45, 7) is 4.91. The molecule has 0 N–H and O–H groups in total. The molecule has 38 heavy (non-hydrogen) atoms. The molecule has 0 saturated carbocycles. The van der Waals surface area contributed by atoms with Crippen molar-refractivity contribution < 1.29 is 13.5 Å². The van der Waals surface area contributed by atoms with E-state index in [9.17, 15) is 0 Å². The highest BCUT2D eigenvalue weighted by Crippen LogP contribution is 2.35. The van der Waals surface area contributed by atoms with Gasteiger partial charge in [-0.15, -0.1) is 0 Å². The van der Waals surface area contributed by atoms with Gasteiger partial charge in [-0.2, -0.15) is 0 Å². The Kier molecular flexibility index (Phi) is 13.4. The largest absolute Gasteiger partial charge is 0.493 e. The van der Waals surface area contributed by atoms with Crippen LogP contribution in [0.5, 0.6) is 5.75 Å². The SMILES string of the molecule is CCCCCCCCCCCCc1c(OCCCCC)cc(-c2ccc(-c3ccccc3)cc2)c(F)c1F. The van der Waals surface area contributed by atoms with Crippen molar-refractivity contribution in [1.82, 2.24) is 0 Å². The maximum Gasteiger partial charge on any atom is 0.167 e. The fourth-order valence-corrected chi connectivity index (χ4v) is 5.01. The Balaban J connectivity index is 1.67. The first-order valence-electron chi connectivity index (χ1n) is 14.9. The predicted molar refractivity (Wildman–Crippen MR) is 158 cm³/mol. The first-order valence-corrected chi connectivity index (χ1v) is 14.9. The van der Waals surface area contributed by atoms with Crippen LogP contribution in [-0.2, 0) is 6.42 Å². The van der Waals surface area contributed by atoms with Crippen LogP contribution in [0.3, 0.4) is 0 Å². The molecular formula is C35H46F2O. The molecule has 3 heteroatoms. The van der Waals surface area contributed by atoms with Crippen LogP contribution >= 0.6 is 0 Å². The molecule has 0 aromatic heterocycles. The summed E-state index contributed by atoms with van der Waals surface area (Å²) in [5.41, 5.74) is 3.45. The molecule has 0 spiro atoms. The van der Waals surface area contributed by atoms with E-state index in [4.69, 9.17) is 4.74 Å². The van der Waals surface area contributed by atoms with Gasteiger partial charge in [-0.1, -0.05) is 139 Å². The van der Waals surface area contributed by atoms with Crippen LogP contribution in [0.15, 0.2) is 60.7 Å². The second-order valence-corrected chi connectivity index (χ2v) is 10.5. The first kappa shape index (κ1) is 29.9. The highest BCUT2D eigenvalue weighted by molar-refractivity contribution is 5.72. The zero-order valence-electron chi connectivity index (χ0n) is 23.5. The fourth-order valence-electron chi connectivity index (χ4n) is 5.01. The Morgan fingerprint density at radius 2 is 1.08 bits per heavy atom. The van der Waals surface area contributed by atoms with Gasteiger partial charge in [0, 0.05) is 11.1 Å². The van der Waals surface area contributed by atoms with Crippen molar-refractivity contribution in [1.29, 1.82) is 0 Å². The Labute approximate surface area is 229 Å². The lowest BCUT2D eigenvalue weighted by Gasteiger charge is -2.16. The monoisotopic (exact) mass is 520 g/mol. The van der Waals surface area contributed by atoms with Crippen LogP contribution in [0.4, 0.5) is 8.78 Å². The van der Waals surface area contributed by atoms with Crippen LogP contribution in [0, 0.1) is 11.6 Å². The standard InChI is InChI=1S/C35H46F2O/c1-3-5-7-8-9-10-11-12-13-17-21-31-33(38-26-18-6-4-2)27-32(35(37)34(31)36)30-24-22-29(23-25-30)28-19-15-14-16-20-28/h14-16,19-20,22-25,27H,3-13,17-18,21,26H2,1-2H3. The molecule has 0 unspecified atom stereocenters. The Morgan fingerprint density at radius 3 is 1.71 bits per heavy atom. The average molecular weight is 521 g/mol. The quantitative estimate of drug-likeness (QED) is 0.152. The molecule has 3 rings (SSSR count). The Morgan fingerprint density at radius 1 is 0.553 bits per heavy atom. The third-order valence-electron chi connectivity index (χ3n) is 7.36. The van der Waals surface area contributed by atoms with Gasteiger partial charge < -0.3 is 4.74 Å². The number of rotatable bonds is 18. The lowest BCUT2D eigenvalue weighted by molar-refractivity contribution is 0.299. The van der Waals surface area contributed by atoms with Gasteiger partial charge in [0.25, 0.3) is 0 Å². The lowest BCUT2D eigenvalue weighted by atomic mass is 9.96. The molecule has 0 saturated heterocycles. The summed E-state index contributed by atoms with van der Waals surface area (Å²) >= 11 is 0. The van der Waals surface area contributed by atoms with E-state index in [-0.39, 0.29) is 5.56 Å². The second kappa shape index (κ2) is 17.0. The molecule has 0 heterocycles. The summed E-state index contributed by atoms with van der Waals surface area (Å²) in [6, 6.07) is 19.4. The maximum absolute atomic E-state index is 15.5. The summed E-state index contributed by atoms with van der Waals surface area (Å²) in [5.74, 6) is -1.03. The maximum atomic E-state index is 15.5. The molecule has 0 radical (unpaired) electrons. The van der Waals surface area contributed by atoms with E-state index in [1.54, 1.807) is 6.07 Å². The molecule has 0 atom stereocenters. The van der Waals surface area contributed by atoms with Gasteiger partial charge in [-0.3, -0.25) is 0 Å². The third kappa shape index (κ3) is 9.26. The van der Waals surface area contributed by atoms with E-state index in [1.165, 1.54) is 44.9 Å². The number of halogens is 2. The van der Waals surface area contributed by atoms with Crippen molar-refractivity contribution in [2.45, 2.75) is 104 Å². The van der Waals surface area contributed by atoms with Crippen LogP contribution < -0.4 is 4.74 Å². The van der Waals surface area contributed by atoms with E-state index < -0.39 is 11.6 Å². The van der Waals surface area contributed by atoms with Crippen LogP contribution in [0.1, 0.15) is 103 Å². The molecule has 0 bridgehead atoms. The molecule has 3 aromatic carbocycles. The minimum atomic E-state index is -0.777. The van der Waals surface area contributed by atoms with E-state index in [0.717, 1.165) is 49.7 Å². The summed E-state index contributed by atoms with van der Waals surface area (Å²) in [4.78, 5) is 0. The molecule has 0 aliphatic carbocycles. The number of ether oxygens (including phenoxy) is 1. The first-order chi connectivity index (χ1) is 18.7. The third-order valence-corrected chi connectivity index (χ3v) is 7.36. The molecule has 1 nitrogen and oxygen atoms in total. The van der Waals surface area contributed by atoms with E-state index in [1.807, 2.05) is 54.6 Å². The number of hydrogen-bond acceptors (Lipinski definition) is 1. The van der Waals surface area contributed by atoms with Crippen molar-refractivity contribution in [2.75, 3.05) is 6.61 Å². The van der Waals surface area contributed by atoms with E-state index in [0.29, 0.717) is 29.9 Å². The molecule has 0 fully saturated rings. The molecule has 3 aromatic rings. The van der Waals surface area contributed by atoms with Gasteiger partial charge in [0.1, 0.15) is 5.75 Å². The van der Waals surface area contributed by atoms with Crippen LogP contribution in [0.2, 0.25) is 0 Å². The van der Waals surface area contributed by atoms with Gasteiger partial charge >= 0.3 is 0 Å². The second-order valence-electron chi connectivity index (χ2n) is 10.5. The van der Waals surface area contributed by atoms with Crippen molar-refractivity contribution in [2.24, 2.45) is 0 Å². The van der Waals surface area contributed by atoms with Crippen molar-refractivity contribution in [3.8, 4) is 28.0 Å². The average Bonchev–Trinajstić information content (AvgIpc) is 2.95. The highest BCUT2D eigenvalue weighted by atomic mass is 19.2. The molecule has 0 aliphatic rings. The fraction of sp³-hybridized carbons (Fsp3) is 0.486. The Hall–Kier alpha value is -2.68. The Bertz CT molecular complexity index is 1060. The smallest absolute Gasteiger partial charge is 0.167 e. The zero-order valence-corrected chi connectivity index (χ0v) is 23.5. The lowest BCUT2D eigenvalue weighted by Crippen LogP contribution is -2.06. The van der Waals surface area contributed by atoms with Gasteiger partial charge in [0.2, 0.25) is 0 Å². The van der Waals surface area contributed by atoms with E-state index in [2.05, 4.69) is 13.8 Å². The van der Waals surface area contributed by atoms with Crippen molar-refractivity contribution >= 4 is 0 Å². The number of unbranched alkanes of at least 4 members (excludes halogenated alkanes) is 11. The molecular weight excluding hydrogens is 474 g/mol. The van der Waals surface area contributed by atoms with Crippen LogP contribution in [0.25, 0.3) is 22.3 Å². The molecule has 0 aliphatic heterocycles. The predicted octanol–water partition coefficient (Wildman–Crippen LogP) is 11.3. The molecule has 206 valence electrons. The summed E-state index contributed by atoms with van der Waals surface area (Å²) in [5, 5.41) is 0. The van der Waals surface area contributed by atoms with Gasteiger partial charge in [0.05, 0.1) is 6.61 Å². The van der Waals surface area contributed by atoms with Crippen molar-refractivity contribution in [3.05, 3.63) is 77.9 Å². The number of hydrogen-bond donors (Lipinski definition) is 0. The zero-order chi connectivity index (χ0) is 27.0. The summed E-state index contributed by atoms with van der Waals surface area (Å²) < 4.78 is 36.9. The number of benzene rings is 3. The minimum Gasteiger partial charge on any atom is -0.493 e. The highest BCUT2D eigenvalue weighted by Gasteiger charge is 2.20. The van der Waals surface area contributed by atoms with Gasteiger partial charge in [-0.25, -0.2) is 8.78 Å². The topological polar surface area (TPSA) is 9.23 Å². The normalized spacial score (nSPS) is 11.2. The summed E-state index contributed by atoms with van der Waals surface area (Å²) in [7, 11) is 0. The van der Waals surface area contributed by atoms with Crippen molar-refractivity contribution in [3.63, 3.8) is 0 Å².